The van der Waals surface area contributed by atoms with Gasteiger partial charge in [0.25, 0.3) is 0 Å². The Bertz CT molecular complexity index is 580. The van der Waals surface area contributed by atoms with E-state index in [0.717, 1.165) is 5.56 Å². The lowest BCUT2D eigenvalue weighted by Gasteiger charge is -2.04. The summed E-state index contributed by atoms with van der Waals surface area (Å²) in [5.74, 6) is 0.352. The molecule has 0 saturated heterocycles. The van der Waals surface area contributed by atoms with Crippen LogP contribution in [-0.4, -0.2) is 15.7 Å². The maximum atomic E-state index is 11.8. The number of nitrogens with zero attached hydrogens (tertiary/aromatic N) is 2. The highest BCUT2D eigenvalue weighted by Gasteiger charge is 2.09. The third-order valence-electron chi connectivity index (χ3n) is 2.35. The number of carbonyl (C=O) groups excluding carboxylic acids is 1. The highest BCUT2D eigenvalue weighted by atomic mass is 35.5. The summed E-state index contributed by atoms with van der Waals surface area (Å²) in [6.45, 7) is 0. The molecule has 1 amide bonds. The molecule has 0 aliphatic rings. The summed E-state index contributed by atoms with van der Waals surface area (Å²) in [6.07, 6.45) is 1.94. The number of benzene rings is 1. The largest absolute Gasteiger partial charge is 0.309 e. The van der Waals surface area contributed by atoms with Crippen molar-refractivity contribution in [2.75, 3.05) is 5.32 Å². The van der Waals surface area contributed by atoms with Gasteiger partial charge in [0, 0.05) is 29.4 Å². The Hall–Kier alpha value is -1.52. The molecule has 1 aromatic heterocycles. The standard InChI is InChI=1S/C12H11Cl2N3O/c1-17-5-4-11(16-17)15-12(18)6-8-2-3-9(13)7-10(8)14/h2-5,7H,6H2,1H3,(H,15,16,18). The fourth-order valence-corrected chi connectivity index (χ4v) is 1.98. The second-order valence-electron chi connectivity index (χ2n) is 3.84. The van der Waals surface area contributed by atoms with Crippen LogP contribution in [0.25, 0.3) is 0 Å². The van der Waals surface area contributed by atoms with Crippen LogP contribution in [0.3, 0.4) is 0 Å². The molecule has 0 fully saturated rings. The van der Waals surface area contributed by atoms with E-state index in [1.165, 1.54) is 0 Å². The average Bonchev–Trinajstić information content (AvgIpc) is 2.68. The molecule has 1 aromatic carbocycles. The molecule has 1 N–H and O–H groups in total. The number of carbonyl (C=O) groups is 1. The SMILES string of the molecule is Cn1ccc(NC(=O)Cc2ccc(Cl)cc2Cl)n1. The summed E-state index contributed by atoms with van der Waals surface area (Å²) in [5, 5.41) is 7.78. The zero-order valence-electron chi connectivity index (χ0n) is 9.65. The molecule has 0 saturated carbocycles. The predicted molar refractivity (Wildman–Crippen MR) is 72.0 cm³/mol. The Balaban J connectivity index is 2.03. The predicted octanol–water partition coefficient (Wildman–Crippen LogP) is 2.91. The summed E-state index contributed by atoms with van der Waals surface area (Å²) in [6, 6.07) is 6.79. The molecule has 2 aromatic rings. The van der Waals surface area contributed by atoms with E-state index < -0.39 is 0 Å². The summed E-state index contributed by atoms with van der Waals surface area (Å²) in [7, 11) is 1.78. The van der Waals surface area contributed by atoms with Crippen molar-refractivity contribution in [1.29, 1.82) is 0 Å². The van der Waals surface area contributed by atoms with Gasteiger partial charge in [-0.2, -0.15) is 5.10 Å². The van der Waals surface area contributed by atoms with Gasteiger partial charge in [0.1, 0.15) is 0 Å². The molecule has 0 bridgehead atoms. The van der Waals surface area contributed by atoms with E-state index in [-0.39, 0.29) is 12.3 Å². The molecule has 6 heteroatoms. The number of nitrogens with one attached hydrogen (secondary N) is 1. The zero-order chi connectivity index (χ0) is 13.1. The lowest BCUT2D eigenvalue weighted by Crippen LogP contribution is -2.15. The highest BCUT2D eigenvalue weighted by Crippen LogP contribution is 2.21. The molecule has 0 radical (unpaired) electrons. The Labute approximate surface area is 115 Å². The number of aryl methyl sites for hydroxylation is 1. The van der Waals surface area contributed by atoms with Gasteiger partial charge in [0.05, 0.1) is 6.42 Å². The Morgan fingerprint density at radius 3 is 2.78 bits per heavy atom. The van der Waals surface area contributed by atoms with Gasteiger partial charge in [-0.25, -0.2) is 0 Å². The molecule has 18 heavy (non-hydrogen) atoms. The maximum absolute atomic E-state index is 11.8. The van der Waals surface area contributed by atoms with E-state index in [2.05, 4.69) is 10.4 Å². The minimum Gasteiger partial charge on any atom is -0.309 e. The lowest BCUT2D eigenvalue weighted by atomic mass is 10.1. The fraction of sp³-hybridized carbons (Fsp3) is 0.167. The number of hydrogen-bond acceptors (Lipinski definition) is 2. The van der Waals surface area contributed by atoms with Crippen LogP contribution in [0.2, 0.25) is 10.0 Å². The van der Waals surface area contributed by atoms with Crippen LogP contribution in [0.1, 0.15) is 5.56 Å². The number of rotatable bonds is 3. The van der Waals surface area contributed by atoms with Crippen molar-refractivity contribution in [2.45, 2.75) is 6.42 Å². The van der Waals surface area contributed by atoms with Gasteiger partial charge in [-0.1, -0.05) is 29.3 Å². The van der Waals surface area contributed by atoms with Gasteiger partial charge in [-0.05, 0) is 17.7 Å². The number of anilines is 1. The normalized spacial score (nSPS) is 10.4. The molecule has 0 aliphatic heterocycles. The monoisotopic (exact) mass is 283 g/mol. The molecule has 0 spiro atoms. The number of amides is 1. The first kappa shape index (κ1) is 12.9. The quantitative estimate of drug-likeness (QED) is 0.942. The van der Waals surface area contributed by atoms with Gasteiger partial charge in [-0.3, -0.25) is 9.48 Å². The van der Waals surface area contributed by atoms with Crippen molar-refractivity contribution in [1.82, 2.24) is 9.78 Å². The van der Waals surface area contributed by atoms with Crippen LogP contribution in [0.15, 0.2) is 30.5 Å². The molecule has 1 heterocycles. The molecule has 94 valence electrons. The third-order valence-corrected chi connectivity index (χ3v) is 2.93. The van der Waals surface area contributed by atoms with Gasteiger partial charge >= 0.3 is 0 Å². The lowest BCUT2D eigenvalue weighted by molar-refractivity contribution is -0.115. The topological polar surface area (TPSA) is 46.9 Å². The van der Waals surface area contributed by atoms with Gasteiger partial charge < -0.3 is 5.32 Å². The first-order valence-electron chi connectivity index (χ1n) is 5.28. The van der Waals surface area contributed by atoms with Crippen molar-refractivity contribution >= 4 is 34.9 Å². The van der Waals surface area contributed by atoms with E-state index >= 15 is 0 Å². The second kappa shape index (κ2) is 5.42. The first-order valence-corrected chi connectivity index (χ1v) is 6.03. The van der Waals surface area contributed by atoms with Crippen LogP contribution in [0.4, 0.5) is 5.82 Å². The van der Waals surface area contributed by atoms with Crippen molar-refractivity contribution in [3.05, 3.63) is 46.1 Å². The van der Waals surface area contributed by atoms with Crippen molar-refractivity contribution in [2.24, 2.45) is 7.05 Å². The molecule has 0 aliphatic carbocycles. The first-order chi connectivity index (χ1) is 8.54. The van der Waals surface area contributed by atoms with E-state index in [1.807, 2.05) is 0 Å². The minimum atomic E-state index is -0.169. The molecular weight excluding hydrogens is 273 g/mol. The molecule has 2 rings (SSSR count). The highest BCUT2D eigenvalue weighted by molar-refractivity contribution is 6.35. The molecule has 0 unspecified atom stereocenters. The third kappa shape index (κ3) is 3.24. The van der Waals surface area contributed by atoms with Crippen molar-refractivity contribution < 1.29 is 4.79 Å². The van der Waals surface area contributed by atoms with Crippen molar-refractivity contribution in [3.8, 4) is 0 Å². The van der Waals surface area contributed by atoms with E-state index in [9.17, 15) is 4.79 Å². The minimum absolute atomic E-state index is 0.169. The van der Waals surface area contributed by atoms with Crippen molar-refractivity contribution in [3.63, 3.8) is 0 Å². The Morgan fingerprint density at radius 1 is 1.39 bits per heavy atom. The van der Waals surface area contributed by atoms with Crippen LogP contribution in [-0.2, 0) is 18.3 Å². The van der Waals surface area contributed by atoms with E-state index in [4.69, 9.17) is 23.2 Å². The van der Waals surface area contributed by atoms with Crippen LogP contribution in [0.5, 0.6) is 0 Å². The van der Waals surface area contributed by atoms with Crippen LogP contribution < -0.4 is 5.32 Å². The molecular formula is C12H11Cl2N3O. The smallest absolute Gasteiger partial charge is 0.230 e. The maximum Gasteiger partial charge on any atom is 0.230 e. The van der Waals surface area contributed by atoms with Gasteiger partial charge in [0.2, 0.25) is 5.91 Å². The summed E-state index contributed by atoms with van der Waals surface area (Å²) in [4.78, 5) is 11.8. The molecule has 4 nitrogen and oxygen atoms in total. The van der Waals surface area contributed by atoms with E-state index in [1.54, 1.807) is 42.2 Å². The summed E-state index contributed by atoms with van der Waals surface area (Å²) >= 11 is 11.8. The summed E-state index contributed by atoms with van der Waals surface area (Å²) in [5.41, 5.74) is 0.731. The summed E-state index contributed by atoms with van der Waals surface area (Å²) < 4.78 is 1.62. The number of halogens is 2. The van der Waals surface area contributed by atoms with Gasteiger partial charge in [0.15, 0.2) is 5.82 Å². The van der Waals surface area contributed by atoms with Gasteiger partial charge in [-0.15, -0.1) is 0 Å². The Kier molecular flexibility index (Phi) is 3.89. The Morgan fingerprint density at radius 2 is 2.17 bits per heavy atom. The fourth-order valence-electron chi connectivity index (χ4n) is 1.51. The van der Waals surface area contributed by atoms with Crippen LogP contribution in [0, 0.1) is 0 Å². The number of aromatic nitrogens is 2. The number of hydrogen-bond donors (Lipinski definition) is 1. The second-order valence-corrected chi connectivity index (χ2v) is 4.68. The van der Waals surface area contributed by atoms with Crippen LogP contribution >= 0.6 is 23.2 Å². The van der Waals surface area contributed by atoms with E-state index in [0.29, 0.717) is 15.9 Å². The molecule has 0 atom stereocenters. The average molecular weight is 284 g/mol. The zero-order valence-corrected chi connectivity index (χ0v) is 11.2.